The number of hydrogen-bond acceptors (Lipinski definition) is 5. The maximum atomic E-state index is 5.18. The number of ether oxygens (including phenoxy) is 1. The summed E-state index contributed by atoms with van der Waals surface area (Å²) in [7, 11) is 0. The zero-order valence-electron chi connectivity index (χ0n) is 8.29. The molecule has 6 heteroatoms. The number of anilines is 1. The molecule has 2 rings (SSSR count). The van der Waals surface area contributed by atoms with Gasteiger partial charge in [-0.3, -0.25) is 0 Å². The molecule has 2 N–H and O–H groups in total. The van der Waals surface area contributed by atoms with Gasteiger partial charge in [0.15, 0.2) is 0 Å². The lowest BCUT2D eigenvalue weighted by molar-refractivity contribution is 0.314. The Bertz CT molecular complexity index is 281. The molecule has 1 aliphatic heterocycles. The minimum Gasteiger partial charge on any atom is -0.463 e. The zero-order chi connectivity index (χ0) is 9.80. The molecule has 0 aromatic carbocycles. The van der Waals surface area contributed by atoms with Crippen LogP contribution >= 0.6 is 0 Å². The first-order valence-electron chi connectivity index (χ1n) is 4.91. The van der Waals surface area contributed by atoms with Crippen molar-refractivity contribution < 1.29 is 4.74 Å². The van der Waals surface area contributed by atoms with Gasteiger partial charge < -0.3 is 15.0 Å². The Balaban J connectivity index is 2.00. The molecular formula is C8H15N5O. The third kappa shape index (κ3) is 1.95. The zero-order valence-corrected chi connectivity index (χ0v) is 8.29. The van der Waals surface area contributed by atoms with Gasteiger partial charge >= 0.3 is 6.01 Å². The van der Waals surface area contributed by atoms with Crippen molar-refractivity contribution in [2.24, 2.45) is 0 Å². The molecule has 78 valence electrons. The fraction of sp³-hybridized carbons (Fsp3) is 0.750. The van der Waals surface area contributed by atoms with Crippen molar-refractivity contribution >= 4 is 5.95 Å². The second kappa shape index (κ2) is 4.28. The highest BCUT2D eigenvalue weighted by molar-refractivity contribution is 5.30. The highest BCUT2D eigenvalue weighted by atomic mass is 16.5. The van der Waals surface area contributed by atoms with Crippen LogP contribution in [0.5, 0.6) is 6.01 Å². The summed E-state index contributed by atoms with van der Waals surface area (Å²) in [6.07, 6.45) is 0. The summed E-state index contributed by atoms with van der Waals surface area (Å²) in [4.78, 5) is 6.39. The molecule has 1 aromatic heterocycles. The third-order valence-corrected chi connectivity index (χ3v) is 2.14. The van der Waals surface area contributed by atoms with E-state index in [1.807, 2.05) is 6.92 Å². The number of hydrogen-bond donors (Lipinski definition) is 2. The SMILES string of the molecule is CCOc1n[nH]c(N2CCNCC2)n1. The van der Waals surface area contributed by atoms with Gasteiger partial charge in [0.25, 0.3) is 0 Å². The molecule has 1 aliphatic rings. The first kappa shape index (κ1) is 9.26. The van der Waals surface area contributed by atoms with Crippen molar-refractivity contribution in [2.75, 3.05) is 37.7 Å². The number of aromatic amines is 1. The largest absolute Gasteiger partial charge is 0.463 e. The van der Waals surface area contributed by atoms with E-state index in [9.17, 15) is 0 Å². The fourth-order valence-corrected chi connectivity index (χ4v) is 1.45. The molecule has 1 saturated heterocycles. The summed E-state index contributed by atoms with van der Waals surface area (Å²) < 4.78 is 5.18. The van der Waals surface area contributed by atoms with Crippen LogP contribution in [0.25, 0.3) is 0 Å². The summed E-state index contributed by atoms with van der Waals surface area (Å²) in [6, 6.07) is 0.432. The fourth-order valence-electron chi connectivity index (χ4n) is 1.45. The van der Waals surface area contributed by atoms with E-state index in [1.165, 1.54) is 0 Å². The Kier molecular flexibility index (Phi) is 2.83. The predicted molar refractivity (Wildman–Crippen MR) is 52.6 cm³/mol. The van der Waals surface area contributed by atoms with Crippen molar-refractivity contribution in [2.45, 2.75) is 6.92 Å². The Morgan fingerprint density at radius 2 is 2.21 bits per heavy atom. The highest BCUT2D eigenvalue weighted by Crippen LogP contribution is 2.11. The van der Waals surface area contributed by atoms with E-state index in [1.54, 1.807) is 0 Å². The van der Waals surface area contributed by atoms with E-state index in [2.05, 4.69) is 25.4 Å². The minimum atomic E-state index is 0.432. The Morgan fingerprint density at radius 1 is 1.43 bits per heavy atom. The molecular weight excluding hydrogens is 182 g/mol. The number of nitrogens with one attached hydrogen (secondary N) is 2. The predicted octanol–water partition coefficient (Wildman–Crippen LogP) is -0.387. The van der Waals surface area contributed by atoms with Crippen LogP contribution in [0.4, 0.5) is 5.95 Å². The van der Waals surface area contributed by atoms with Crippen molar-refractivity contribution in [1.29, 1.82) is 0 Å². The topological polar surface area (TPSA) is 66.1 Å². The van der Waals surface area contributed by atoms with E-state index >= 15 is 0 Å². The minimum absolute atomic E-state index is 0.432. The Morgan fingerprint density at radius 3 is 2.93 bits per heavy atom. The molecule has 1 aromatic rings. The molecule has 1 fully saturated rings. The van der Waals surface area contributed by atoms with Gasteiger partial charge in [0, 0.05) is 26.2 Å². The van der Waals surface area contributed by atoms with Crippen molar-refractivity contribution in [3.63, 3.8) is 0 Å². The maximum absolute atomic E-state index is 5.18. The average molecular weight is 197 g/mol. The van der Waals surface area contributed by atoms with Crippen molar-refractivity contribution in [1.82, 2.24) is 20.5 Å². The monoisotopic (exact) mass is 197 g/mol. The van der Waals surface area contributed by atoms with Crippen LogP contribution < -0.4 is 15.0 Å². The second-order valence-corrected chi connectivity index (χ2v) is 3.11. The lowest BCUT2D eigenvalue weighted by Gasteiger charge is -2.26. The molecule has 0 amide bonds. The van der Waals surface area contributed by atoms with E-state index in [0.29, 0.717) is 12.6 Å². The summed E-state index contributed by atoms with van der Waals surface area (Å²) in [5, 5.41) is 10.1. The summed E-state index contributed by atoms with van der Waals surface area (Å²) in [5.41, 5.74) is 0. The molecule has 0 saturated carbocycles. The summed E-state index contributed by atoms with van der Waals surface area (Å²) in [6.45, 7) is 6.41. The first-order chi connectivity index (χ1) is 6.90. The van der Waals surface area contributed by atoms with Gasteiger partial charge in [-0.2, -0.15) is 4.98 Å². The third-order valence-electron chi connectivity index (χ3n) is 2.14. The molecule has 6 nitrogen and oxygen atoms in total. The molecule has 14 heavy (non-hydrogen) atoms. The highest BCUT2D eigenvalue weighted by Gasteiger charge is 2.14. The summed E-state index contributed by atoms with van der Waals surface area (Å²) in [5.74, 6) is 0.801. The smallest absolute Gasteiger partial charge is 0.337 e. The van der Waals surface area contributed by atoms with Crippen LogP contribution in [0.15, 0.2) is 0 Å². The van der Waals surface area contributed by atoms with Gasteiger partial charge in [-0.05, 0) is 6.92 Å². The van der Waals surface area contributed by atoms with Gasteiger partial charge in [-0.25, -0.2) is 5.10 Å². The average Bonchev–Trinajstić information content (AvgIpc) is 2.68. The normalized spacial score (nSPS) is 17.1. The van der Waals surface area contributed by atoms with Crippen LogP contribution in [-0.4, -0.2) is 48.0 Å². The van der Waals surface area contributed by atoms with Crippen LogP contribution in [0.3, 0.4) is 0 Å². The van der Waals surface area contributed by atoms with Crippen molar-refractivity contribution in [3.05, 3.63) is 0 Å². The number of rotatable bonds is 3. The quantitative estimate of drug-likeness (QED) is 0.691. The van der Waals surface area contributed by atoms with E-state index in [-0.39, 0.29) is 0 Å². The van der Waals surface area contributed by atoms with Gasteiger partial charge in [0.2, 0.25) is 5.95 Å². The molecule has 0 unspecified atom stereocenters. The summed E-state index contributed by atoms with van der Waals surface area (Å²) >= 11 is 0. The van der Waals surface area contributed by atoms with Crippen LogP contribution in [0, 0.1) is 0 Å². The van der Waals surface area contributed by atoms with E-state index in [4.69, 9.17) is 4.74 Å². The van der Waals surface area contributed by atoms with Crippen LogP contribution in [-0.2, 0) is 0 Å². The van der Waals surface area contributed by atoms with Crippen LogP contribution in [0.2, 0.25) is 0 Å². The Hall–Kier alpha value is -1.30. The van der Waals surface area contributed by atoms with Gasteiger partial charge in [-0.15, -0.1) is 5.10 Å². The number of H-pyrrole nitrogens is 1. The molecule has 0 bridgehead atoms. The van der Waals surface area contributed by atoms with Gasteiger partial charge in [0.1, 0.15) is 0 Å². The lowest BCUT2D eigenvalue weighted by Crippen LogP contribution is -2.44. The van der Waals surface area contributed by atoms with Crippen LogP contribution in [0.1, 0.15) is 6.92 Å². The van der Waals surface area contributed by atoms with E-state index < -0.39 is 0 Å². The van der Waals surface area contributed by atoms with Gasteiger partial charge in [0.05, 0.1) is 6.61 Å². The maximum Gasteiger partial charge on any atom is 0.337 e. The van der Waals surface area contributed by atoms with Gasteiger partial charge in [-0.1, -0.05) is 0 Å². The van der Waals surface area contributed by atoms with Crippen molar-refractivity contribution in [3.8, 4) is 6.01 Å². The number of nitrogens with zero attached hydrogens (tertiary/aromatic N) is 3. The Labute approximate surface area is 82.7 Å². The molecule has 0 radical (unpaired) electrons. The number of aromatic nitrogens is 3. The molecule has 0 atom stereocenters. The standard InChI is InChI=1S/C8H15N5O/c1-2-14-8-10-7(11-12-8)13-5-3-9-4-6-13/h9H,2-6H2,1H3,(H,10,11,12). The lowest BCUT2D eigenvalue weighted by atomic mass is 10.4. The molecule has 0 spiro atoms. The first-order valence-corrected chi connectivity index (χ1v) is 4.91. The number of piperazine rings is 1. The molecule has 2 heterocycles. The second-order valence-electron chi connectivity index (χ2n) is 3.11. The molecule has 0 aliphatic carbocycles. The van der Waals surface area contributed by atoms with E-state index in [0.717, 1.165) is 32.1 Å².